The average Bonchev–Trinajstić information content (AvgIpc) is 3.07. The van der Waals surface area contributed by atoms with Crippen LogP contribution in [0.2, 0.25) is 0 Å². The highest BCUT2D eigenvalue weighted by Gasteiger charge is 2.31. The number of rotatable bonds is 6. The first kappa shape index (κ1) is 17.7. The number of carbonyl (C=O) groups excluding carboxylic acids is 3. The van der Waals surface area contributed by atoms with Crippen LogP contribution in [-0.4, -0.2) is 43.6 Å². The fraction of sp³-hybridized carbons (Fsp3) is 0.353. The molecule has 1 aliphatic rings. The van der Waals surface area contributed by atoms with Crippen LogP contribution in [0.4, 0.5) is 0 Å². The number of hydrogen-bond acceptors (Lipinski definition) is 6. The quantitative estimate of drug-likeness (QED) is 0.575. The van der Waals surface area contributed by atoms with E-state index in [1.54, 1.807) is 0 Å². The van der Waals surface area contributed by atoms with E-state index in [2.05, 4.69) is 15.4 Å². The van der Waals surface area contributed by atoms with Gasteiger partial charge in [-0.25, -0.2) is 9.59 Å². The summed E-state index contributed by atoms with van der Waals surface area (Å²) >= 11 is 0. The minimum absolute atomic E-state index is 0.137. The Kier molecular flexibility index (Phi) is 6.51. The lowest BCUT2D eigenvalue weighted by Gasteiger charge is -2.11. The number of nitrogens with one attached hydrogen (secondary N) is 2. The van der Waals surface area contributed by atoms with E-state index >= 15 is 0 Å². The predicted octanol–water partition coefficient (Wildman–Crippen LogP) is 0.306. The van der Waals surface area contributed by atoms with Gasteiger partial charge in [-0.2, -0.15) is 0 Å². The number of esters is 2. The summed E-state index contributed by atoms with van der Waals surface area (Å²) < 4.78 is 9.56. The van der Waals surface area contributed by atoms with Crippen molar-refractivity contribution in [1.82, 2.24) is 10.6 Å². The molecular formula is C17H20N2O5. The number of carbonyl (C=O) groups is 3. The molecule has 0 spiro atoms. The number of amides is 1. The Morgan fingerprint density at radius 1 is 1.21 bits per heavy atom. The predicted molar refractivity (Wildman–Crippen MR) is 85.7 cm³/mol. The molecule has 1 aromatic carbocycles. The third-order valence-corrected chi connectivity index (χ3v) is 3.56. The number of benzene rings is 1. The van der Waals surface area contributed by atoms with Gasteiger partial charge in [0.25, 0.3) is 0 Å². The summed E-state index contributed by atoms with van der Waals surface area (Å²) in [6.45, 7) is 0.839. The van der Waals surface area contributed by atoms with Crippen molar-refractivity contribution >= 4 is 17.8 Å². The summed E-state index contributed by atoms with van der Waals surface area (Å²) in [5.41, 5.74) is 1.01. The number of ether oxygens (including phenoxy) is 2. The van der Waals surface area contributed by atoms with E-state index in [0.717, 1.165) is 17.7 Å². The Hall–Kier alpha value is -2.67. The van der Waals surface area contributed by atoms with Crippen molar-refractivity contribution in [2.24, 2.45) is 0 Å². The van der Waals surface area contributed by atoms with Crippen LogP contribution in [0.15, 0.2) is 42.5 Å². The van der Waals surface area contributed by atoms with Crippen LogP contribution in [0.3, 0.4) is 0 Å². The lowest BCUT2D eigenvalue weighted by molar-refractivity contribution is -0.143. The second-order valence-electron chi connectivity index (χ2n) is 5.32. The van der Waals surface area contributed by atoms with Crippen LogP contribution in [0.25, 0.3) is 0 Å². The summed E-state index contributed by atoms with van der Waals surface area (Å²) in [6, 6.07) is 9.19. The molecule has 7 heteroatoms. The maximum absolute atomic E-state index is 12.1. The molecule has 1 aliphatic heterocycles. The van der Waals surface area contributed by atoms with Gasteiger partial charge in [0, 0.05) is 31.7 Å². The Balaban J connectivity index is 1.74. The third kappa shape index (κ3) is 5.51. The Labute approximate surface area is 140 Å². The Bertz CT molecular complexity index is 615. The highest BCUT2D eigenvalue weighted by molar-refractivity contribution is 5.91. The molecule has 0 saturated carbocycles. The van der Waals surface area contributed by atoms with Gasteiger partial charge in [0.2, 0.25) is 5.91 Å². The zero-order valence-corrected chi connectivity index (χ0v) is 13.4. The van der Waals surface area contributed by atoms with Gasteiger partial charge in [-0.3, -0.25) is 4.79 Å². The molecule has 2 rings (SSSR count). The summed E-state index contributed by atoms with van der Waals surface area (Å²) in [5, 5.41) is 5.86. The van der Waals surface area contributed by atoms with Crippen molar-refractivity contribution < 1.29 is 23.9 Å². The molecule has 1 fully saturated rings. The fourth-order valence-electron chi connectivity index (χ4n) is 2.31. The Morgan fingerprint density at radius 2 is 1.92 bits per heavy atom. The first-order valence-corrected chi connectivity index (χ1v) is 7.60. The zero-order chi connectivity index (χ0) is 17.4. The van der Waals surface area contributed by atoms with E-state index in [1.165, 1.54) is 7.11 Å². The second-order valence-corrected chi connectivity index (χ2v) is 5.32. The fourth-order valence-corrected chi connectivity index (χ4v) is 2.31. The van der Waals surface area contributed by atoms with Crippen molar-refractivity contribution in [2.75, 3.05) is 13.7 Å². The minimum atomic E-state index is -0.641. The van der Waals surface area contributed by atoms with Gasteiger partial charge in [0.05, 0.1) is 13.2 Å². The third-order valence-electron chi connectivity index (χ3n) is 3.56. The van der Waals surface area contributed by atoms with Gasteiger partial charge in [-0.1, -0.05) is 30.3 Å². The molecule has 0 aliphatic carbocycles. The summed E-state index contributed by atoms with van der Waals surface area (Å²) in [4.78, 5) is 34.6. The molecule has 1 saturated heterocycles. The lowest BCUT2D eigenvalue weighted by atomic mass is 10.1. The first-order chi connectivity index (χ1) is 11.6. The molecule has 0 radical (unpaired) electrons. The van der Waals surface area contributed by atoms with E-state index in [9.17, 15) is 14.4 Å². The van der Waals surface area contributed by atoms with Crippen LogP contribution in [0.1, 0.15) is 12.0 Å². The summed E-state index contributed by atoms with van der Waals surface area (Å²) in [7, 11) is 1.22. The normalized spacial score (nSPS) is 19.9. The largest absolute Gasteiger partial charge is 0.466 e. The molecule has 128 valence electrons. The van der Waals surface area contributed by atoms with Gasteiger partial charge in [0.1, 0.15) is 6.10 Å². The summed E-state index contributed by atoms with van der Waals surface area (Å²) in [5.74, 6) is -1.41. The molecule has 24 heavy (non-hydrogen) atoms. The number of hydrogen-bond donors (Lipinski definition) is 2. The topological polar surface area (TPSA) is 93.7 Å². The van der Waals surface area contributed by atoms with Crippen molar-refractivity contribution in [3.05, 3.63) is 48.0 Å². The highest BCUT2D eigenvalue weighted by Crippen LogP contribution is 2.11. The molecule has 1 aromatic rings. The van der Waals surface area contributed by atoms with Crippen molar-refractivity contribution in [3.8, 4) is 0 Å². The average molecular weight is 332 g/mol. The van der Waals surface area contributed by atoms with Gasteiger partial charge < -0.3 is 20.1 Å². The smallest absolute Gasteiger partial charge is 0.331 e. The van der Waals surface area contributed by atoms with Crippen molar-refractivity contribution in [3.63, 3.8) is 0 Å². The first-order valence-electron chi connectivity index (χ1n) is 7.60. The zero-order valence-electron chi connectivity index (χ0n) is 13.4. The molecule has 0 bridgehead atoms. The lowest BCUT2D eigenvalue weighted by Crippen LogP contribution is -2.39. The maximum atomic E-state index is 12.1. The second kappa shape index (κ2) is 8.83. The molecule has 0 aromatic heterocycles. The Morgan fingerprint density at radius 3 is 2.62 bits per heavy atom. The van der Waals surface area contributed by atoms with E-state index in [1.807, 2.05) is 30.3 Å². The van der Waals surface area contributed by atoms with Gasteiger partial charge in [-0.05, 0) is 5.56 Å². The van der Waals surface area contributed by atoms with Crippen molar-refractivity contribution in [2.45, 2.75) is 25.1 Å². The van der Waals surface area contributed by atoms with Crippen LogP contribution in [0.5, 0.6) is 0 Å². The highest BCUT2D eigenvalue weighted by atomic mass is 16.5. The van der Waals surface area contributed by atoms with Gasteiger partial charge in [0.15, 0.2) is 0 Å². The molecule has 1 amide bonds. The van der Waals surface area contributed by atoms with Crippen LogP contribution >= 0.6 is 0 Å². The standard InChI is InChI=1S/C17H20N2O5/c1-23-15(20)7-8-16(21)24-13-9-14(18-11-13)17(22)19-10-12-5-3-2-4-6-12/h2-8,13-14,18H,9-11H2,1H3,(H,19,22)/b8-7+/t13-,14+/m1/s1. The van der Waals surface area contributed by atoms with Crippen LogP contribution in [0, 0.1) is 0 Å². The molecule has 1 heterocycles. The molecule has 2 N–H and O–H groups in total. The molecule has 0 unspecified atom stereocenters. The van der Waals surface area contributed by atoms with Crippen molar-refractivity contribution in [1.29, 1.82) is 0 Å². The summed E-state index contributed by atoms with van der Waals surface area (Å²) in [6.07, 6.45) is 1.98. The molecule has 2 atom stereocenters. The maximum Gasteiger partial charge on any atom is 0.331 e. The monoisotopic (exact) mass is 332 g/mol. The molecule has 7 nitrogen and oxygen atoms in total. The molecular weight excluding hydrogens is 312 g/mol. The SMILES string of the molecule is COC(=O)/C=C/C(=O)O[C@H]1CN[C@H](C(=O)NCc2ccccc2)C1. The number of methoxy groups -OCH3 is 1. The van der Waals surface area contributed by atoms with E-state index in [0.29, 0.717) is 19.5 Å². The minimum Gasteiger partial charge on any atom is -0.466 e. The van der Waals surface area contributed by atoms with Gasteiger partial charge >= 0.3 is 11.9 Å². The van der Waals surface area contributed by atoms with Crippen LogP contribution in [-0.2, 0) is 30.4 Å². The van der Waals surface area contributed by atoms with E-state index < -0.39 is 24.1 Å². The van der Waals surface area contributed by atoms with Gasteiger partial charge in [-0.15, -0.1) is 0 Å². The van der Waals surface area contributed by atoms with E-state index in [4.69, 9.17) is 4.74 Å². The van der Waals surface area contributed by atoms with E-state index in [-0.39, 0.29) is 5.91 Å². The van der Waals surface area contributed by atoms with Crippen LogP contribution < -0.4 is 10.6 Å².